The van der Waals surface area contributed by atoms with Gasteiger partial charge in [0.05, 0.1) is 13.2 Å². The van der Waals surface area contributed by atoms with E-state index in [9.17, 15) is 0 Å². The summed E-state index contributed by atoms with van der Waals surface area (Å²) in [7, 11) is 0. The van der Waals surface area contributed by atoms with Crippen LogP contribution in [0.15, 0.2) is 0 Å². The van der Waals surface area contributed by atoms with Gasteiger partial charge >= 0.3 is 0 Å². The molecule has 0 radical (unpaired) electrons. The van der Waals surface area contributed by atoms with Crippen LogP contribution in [0.2, 0.25) is 0 Å². The average molecular weight is 141 g/mol. The van der Waals surface area contributed by atoms with Crippen molar-refractivity contribution in [2.75, 3.05) is 13.2 Å². The van der Waals surface area contributed by atoms with Crippen molar-refractivity contribution in [3.05, 3.63) is 0 Å². The minimum absolute atomic E-state index is 0.137. The molecule has 0 spiro atoms. The highest BCUT2D eigenvalue weighted by atomic mass is 16.5. The van der Waals surface area contributed by atoms with E-state index in [4.69, 9.17) is 10.5 Å². The summed E-state index contributed by atoms with van der Waals surface area (Å²) in [5, 5.41) is 0. The van der Waals surface area contributed by atoms with Gasteiger partial charge in [0.25, 0.3) is 0 Å². The number of rotatable bonds is 1. The van der Waals surface area contributed by atoms with Crippen LogP contribution < -0.4 is 5.73 Å². The highest BCUT2D eigenvalue weighted by Gasteiger charge is 2.66. The fraction of sp³-hybridized carbons (Fsp3) is 1.00. The lowest BCUT2D eigenvalue weighted by Gasteiger charge is -2.19. The highest BCUT2D eigenvalue weighted by Crippen LogP contribution is 2.56. The molecule has 1 heterocycles. The lowest BCUT2D eigenvalue weighted by molar-refractivity contribution is 0.133. The van der Waals surface area contributed by atoms with E-state index in [1.165, 1.54) is 0 Å². The maximum Gasteiger partial charge on any atom is 0.0516 e. The molecule has 1 saturated carbocycles. The van der Waals surface area contributed by atoms with Gasteiger partial charge in [-0.15, -0.1) is 0 Å². The van der Waals surface area contributed by atoms with Crippen LogP contribution in [0.25, 0.3) is 0 Å². The van der Waals surface area contributed by atoms with Crippen molar-refractivity contribution in [3.8, 4) is 0 Å². The molecule has 2 heteroatoms. The molecule has 10 heavy (non-hydrogen) atoms. The van der Waals surface area contributed by atoms with E-state index in [2.05, 4.69) is 13.8 Å². The van der Waals surface area contributed by atoms with Crippen LogP contribution in [0.1, 0.15) is 13.8 Å². The van der Waals surface area contributed by atoms with Crippen LogP contribution >= 0.6 is 0 Å². The zero-order valence-electron chi connectivity index (χ0n) is 6.63. The van der Waals surface area contributed by atoms with E-state index >= 15 is 0 Å². The Hall–Kier alpha value is -0.0800. The Morgan fingerprint density at radius 3 is 2.20 bits per heavy atom. The van der Waals surface area contributed by atoms with Gasteiger partial charge in [-0.25, -0.2) is 0 Å². The quantitative estimate of drug-likeness (QED) is 0.581. The third-order valence-corrected chi connectivity index (χ3v) is 3.26. The average Bonchev–Trinajstić information content (AvgIpc) is 2.28. The van der Waals surface area contributed by atoms with Crippen molar-refractivity contribution >= 4 is 0 Å². The summed E-state index contributed by atoms with van der Waals surface area (Å²) >= 11 is 0. The predicted octanol–water partition coefficient (Wildman–Crippen LogP) is 0.616. The lowest BCUT2D eigenvalue weighted by Crippen LogP contribution is -2.36. The topological polar surface area (TPSA) is 35.2 Å². The molecule has 1 aliphatic carbocycles. The molecule has 2 aliphatic rings. The molecule has 58 valence electrons. The Morgan fingerprint density at radius 1 is 1.40 bits per heavy atom. The molecule has 0 aromatic heterocycles. The van der Waals surface area contributed by atoms with E-state index in [0.29, 0.717) is 17.8 Å². The number of hydrogen-bond donors (Lipinski definition) is 1. The van der Waals surface area contributed by atoms with Gasteiger partial charge in [0, 0.05) is 17.4 Å². The standard InChI is InChI=1S/C8H15NO/c1-5(2)8(9)6-3-10-4-7(6)8/h5-7H,3-4,9H2,1-2H3. The third-order valence-electron chi connectivity index (χ3n) is 3.26. The first-order valence-corrected chi connectivity index (χ1v) is 4.04. The summed E-state index contributed by atoms with van der Waals surface area (Å²) < 4.78 is 5.27. The zero-order valence-corrected chi connectivity index (χ0v) is 6.63. The molecule has 0 amide bonds. The van der Waals surface area contributed by atoms with E-state index < -0.39 is 0 Å². The number of nitrogens with two attached hydrogens (primary N) is 1. The van der Waals surface area contributed by atoms with Crippen LogP contribution in [-0.4, -0.2) is 18.8 Å². The number of ether oxygens (including phenoxy) is 1. The largest absolute Gasteiger partial charge is 0.381 e. The molecule has 1 saturated heterocycles. The van der Waals surface area contributed by atoms with Crippen LogP contribution in [0.3, 0.4) is 0 Å². The maximum absolute atomic E-state index is 6.16. The Labute approximate surface area is 61.7 Å². The van der Waals surface area contributed by atoms with Gasteiger partial charge in [0.1, 0.15) is 0 Å². The highest BCUT2D eigenvalue weighted by molar-refractivity contribution is 5.19. The van der Waals surface area contributed by atoms with Crippen LogP contribution in [0.4, 0.5) is 0 Å². The van der Waals surface area contributed by atoms with Crippen molar-refractivity contribution in [2.45, 2.75) is 19.4 Å². The zero-order chi connectivity index (χ0) is 7.35. The monoisotopic (exact) mass is 141 g/mol. The second-order valence-electron chi connectivity index (χ2n) is 3.91. The molecule has 0 bridgehead atoms. The minimum Gasteiger partial charge on any atom is -0.381 e. The molecule has 2 fully saturated rings. The van der Waals surface area contributed by atoms with Crippen molar-refractivity contribution in [3.63, 3.8) is 0 Å². The third kappa shape index (κ3) is 0.565. The van der Waals surface area contributed by atoms with Gasteiger partial charge in [-0.05, 0) is 5.92 Å². The van der Waals surface area contributed by atoms with E-state index in [-0.39, 0.29) is 5.54 Å². The number of fused-ring (bicyclic) bond motifs is 1. The van der Waals surface area contributed by atoms with Gasteiger partial charge in [-0.1, -0.05) is 13.8 Å². The van der Waals surface area contributed by atoms with E-state index in [1.54, 1.807) is 0 Å². The summed E-state index contributed by atoms with van der Waals surface area (Å²) in [6, 6.07) is 0. The van der Waals surface area contributed by atoms with E-state index in [1.807, 2.05) is 0 Å². The smallest absolute Gasteiger partial charge is 0.0516 e. The van der Waals surface area contributed by atoms with Crippen molar-refractivity contribution in [1.29, 1.82) is 0 Å². The molecule has 2 N–H and O–H groups in total. The van der Waals surface area contributed by atoms with Crippen molar-refractivity contribution < 1.29 is 4.74 Å². The molecule has 2 rings (SSSR count). The van der Waals surface area contributed by atoms with Gasteiger partial charge in [-0.3, -0.25) is 0 Å². The van der Waals surface area contributed by atoms with Gasteiger partial charge in [0.15, 0.2) is 0 Å². The molecule has 2 nitrogen and oxygen atoms in total. The molecule has 1 aliphatic heterocycles. The van der Waals surface area contributed by atoms with Crippen LogP contribution in [0, 0.1) is 17.8 Å². The molecular weight excluding hydrogens is 126 g/mol. The van der Waals surface area contributed by atoms with E-state index in [0.717, 1.165) is 13.2 Å². The Balaban J connectivity index is 2.09. The Morgan fingerprint density at radius 2 is 1.90 bits per heavy atom. The Kier molecular flexibility index (Phi) is 1.15. The predicted molar refractivity (Wildman–Crippen MR) is 39.6 cm³/mol. The fourth-order valence-electron chi connectivity index (χ4n) is 2.29. The first-order valence-electron chi connectivity index (χ1n) is 4.04. The molecule has 0 aromatic carbocycles. The SMILES string of the molecule is CC(C)C1(N)C2COCC21. The molecule has 2 atom stereocenters. The Bertz CT molecular complexity index is 145. The maximum atomic E-state index is 6.16. The normalized spacial score (nSPS) is 51.6. The summed E-state index contributed by atoms with van der Waals surface area (Å²) in [5.74, 6) is 1.96. The van der Waals surface area contributed by atoms with Crippen molar-refractivity contribution in [1.82, 2.24) is 0 Å². The molecule has 0 aromatic rings. The van der Waals surface area contributed by atoms with Gasteiger partial charge in [-0.2, -0.15) is 0 Å². The first kappa shape index (κ1) is 6.62. The molecular formula is C8H15NO. The van der Waals surface area contributed by atoms with Crippen LogP contribution in [0.5, 0.6) is 0 Å². The number of hydrogen-bond acceptors (Lipinski definition) is 2. The summed E-state index contributed by atoms with van der Waals surface area (Å²) in [6.07, 6.45) is 0. The van der Waals surface area contributed by atoms with Crippen LogP contribution in [-0.2, 0) is 4.74 Å². The lowest BCUT2D eigenvalue weighted by atomic mass is 9.98. The van der Waals surface area contributed by atoms with Gasteiger partial charge in [0.2, 0.25) is 0 Å². The second-order valence-corrected chi connectivity index (χ2v) is 3.91. The molecule has 2 unspecified atom stereocenters. The van der Waals surface area contributed by atoms with Gasteiger partial charge < -0.3 is 10.5 Å². The first-order chi connectivity index (χ1) is 4.67. The summed E-state index contributed by atoms with van der Waals surface area (Å²) in [4.78, 5) is 0. The van der Waals surface area contributed by atoms with Crippen molar-refractivity contribution in [2.24, 2.45) is 23.5 Å². The summed E-state index contributed by atoms with van der Waals surface area (Å²) in [5.41, 5.74) is 6.30. The summed E-state index contributed by atoms with van der Waals surface area (Å²) in [6.45, 7) is 6.22. The second kappa shape index (κ2) is 1.74. The minimum atomic E-state index is 0.137. The fourth-order valence-corrected chi connectivity index (χ4v) is 2.29.